The monoisotopic (exact) mass is 355 g/mol. The van der Waals surface area contributed by atoms with Crippen molar-refractivity contribution in [2.45, 2.75) is 38.7 Å². The number of hydrogen-bond donors (Lipinski definition) is 2. The molecule has 26 heavy (non-hydrogen) atoms. The molecule has 0 bridgehead atoms. The molecule has 1 saturated heterocycles. The number of carboxylic acid groups (broad SMARTS) is 1. The lowest BCUT2D eigenvalue weighted by Crippen LogP contribution is -2.56. The van der Waals surface area contributed by atoms with E-state index >= 15 is 0 Å². The number of aryl methyl sites for hydroxylation is 2. The summed E-state index contributed by atoms with van der Waals surface area (Å²) >= 11 is 0. The van der Waals surface area contributed by atoms with E-state index in [1.165, 1.54) is 11.9 Å². The van der Waals surface area contributed by atoms with Gasteiger partial charge in [0, 0.05) is 24.8 Å². The summed E-state index contributed by atoms with van der Waals surface area (Å²) in [5.41, 5.74) is 0.846. The highest BCUT2D eigenvalue weighted by Gasteiger charge is 2.49. The summed E-state index contributed by atoms with van der Waals surface area (Å²) < 4.78 is 0. The summed E-state index contributed by atoms with van der Waals surface area (Å²) in [6, 6.07) is 11.9. The molecule has 0 unspecified atom stereocenters. The first-order chi connectivity index (χ1) is 12.5. The fourth-order valence-electron chi connectivity index (χ4n) is 3.70. The number of anilines is 1. The maximum atomic E-state index is 12.2. The second-order valence-electron chi connectivity index (χ2n) is 7.04. The second-order valence-corrected chi connectivity index (χ2v) is 7.04. The molecule has 1 aromatic heterocycles. The molecule has 138 valence electrons. The molecule has 0 radical (unpaired) electrons. The highest BCUT2D eigenvalue weighted by Crippen LogP contribution is 2.37. The number of aromatic nitrogens is 2. The summed E-state index contributed by atoms with van der Waals surface area (Å²) in [5, 5.41) is 20.5. The van der Waals surface area contributed by atoms with Gasteiger partial charge in [0.05, 0.1) is 6.10 Å². The second kappa shape index (κ2) is 7.83. The molecular weight excluding hydrogens is 330 g/mol. The van der Waals surface area contributed by atoms with Gasteiger partial charge in [-0.2, -0.15) is 0 Å². The van der Waals surface area contributed by atoms with Gasteiger partial charge < -0.3 is 15.1 Å². The van der Waals surface area contributed by atoms with Crippen molar-refractivity contribution in [2.24, 2.45) is 5.41 Å². The first kappa shape index (κ1) is 18.3. The van der Waals surface area contributed by atoms with Crippen molar-refractivity contribution < 1.29 is 15.0 Å². The standard InChI is InChI=1S/C20H25N3O3/c1-15-12-18(22-14-21-15)23-11-9-17(24)20(13-23,19(25)26)10-5-8-16-6-3-2-4-7-16/h2-4,6-7,12,14,17,24H,5,8-11,13H2,1H3,(H,25,26)/t17-,20+/m0/s1. The lowest BCUT2D eigenvalue weighted by atomic mass is 9.73. The predicted octanol–water partition coefficient (Wildman–Crippen LogP) is 2.45. The number of aliphatic hydroxyl groups excluding tert-OH is 1. The summed E-state index contributed by atoms with van der Waals surface area (Å²) in [6.45, 7) is 2.73. The molecule has 0 aliphatic carbocycles. The van der Waals surface area contributed by atoms with Gasteiger partial charge in [-0.15, -0.1) is 0 Å². The molecule has 1 aliphatic rings. The maximum Gasteiger partial charge on any atom is 0.314 e. The first-order valence-electron chi connectivity index (χ1n) is 9.00. The average Bonchev–Trinajstić information content (AvgIpc) is 2.64. The molecule has 0 spiro atoms. The predicted molar refractivity (Wildman–Crippen MR) is 99.1 cm³/mol. The molecule has 2 N–H and O–H groups in total. The first-order valence-corrected chi connectivity index (χ1v) is 9.00. The smallest absolute Gasteiger partial charge is 0.314 e. The number of carbonyl (C=O) groups is 1. The van der Waals surface area contributed by atoms with Crippen LogP contribution in [0.3, 0.4) is 0 Å². The van der Waals surface area contributed by atoms with Gasteiger partial charge in [-0.05, 0) is 38.2 Å². The Morgan fingerprint density at radius 1 is 1.31 bits per heavy atom. The summed E-state index contributed by atoms with van der Waals surface area (Å²) in [6.07, 6.45) is 3.00. The summed E-state index contributed by atoms with van der Waals surface area (Å²) in [4.78, 5) is 22.5. The number of aliphatic hydroxyl groups is 1. The van der Waals surface area contributed by atoms with Crippen LogP contribution < -0.4 is 4.90 Å². The third-order valence-corrected chi connectivity index (χ3v) is 5.25. The molecule has 6 nitrogen and oxygen atoms in total. The quantitative estimate of drug-likeness (QED) is 0.828. The zero-order chi connectivity index (χ0) is 18.6. The molecule has 1 fully saturated rings. The van der Waals surface area contributed by atoms with Crippen molar-refractivity contribution in [3.8, 4) is 0 Å². The van der Waals surface area contributed by atoms with E-state index in [2.05, 4.69) is 9.97 Å². The van der Waals surface area contributed by atoms with Crippen LogP contribution >= 0.6 is 0 Å². The van der Waals surface area contributed by atoms with E-state index in [1.54, 1.807) is 0 Å². The minimum atomic E-state index is -1.17. The zero-order valence-electron chi connectivity index (χ0n) is 15.0. The van der Waals surface area contributed by atoms with E-state index in [0.717, 1.165) is 17.9 Å². The van der Waals surface area contributed by atoms with Crippen LogP contribution in [0, 0.1) is 12.3 Å². The molecule has 6 heteroatoms. The third-order valence-electron chi connectivity index (χ3n) is 5.25. The van der Waals surface area contributed by atoms with E-state index in [1.807, 2.05) is 48.2 Å². The van der Waals surface area contributed by atoms with Gasteiger partial charge in [0.1, 0.15) is 17.6 Å². The number of piperidine rings is 1. The van der Waals surface area contributed by atoms with Crippen LogP contribution in [0.25, 0.3) is 0 Å². The van der Waals surface area contributed by atoms with Gasteiger partial charge in [0.15, 0.2) is 0 Å². The normalized spacial score (nSPS) is 23.0. The van der Waals surface area contributed by atoms with Crippen molar-refractivity contribution in [3.05, 3.63) is 54.0 Å². The van der Waals surface area contributed by atoms with E-state index in [0.29, 0.717) is 25.8 Å². The summed E-state index contributed by atoms with van der Waals surface area (Å²) in [5.74, 6) is -0.216. The van der Waals surface area contributed by atoms with Gasteiger partial charge in [0.25, 0.3) is 0 Å². The van der Waals surface area contributed by atoms with E-state index in [4.69, 9.17) is 0 Å². The Morgan fingerprint density at radius 2 is 2.08 bits per heavy atom. The Balaban J connectivity index is 1.75. The van der Waals surface area contributed by atoms with Gasteiger partial charge in [-0.3, -0.25) is 4.79 Å². The number of carboxylic acids is 1. The number of benzene rings is 1. The molecule has 2 heterocycles. The van der Waals surface area contributed by atoms with Crippen molar-refractivity contribution >= 4 is 11.8 Å². The van der Waals surface area contributed by atoms with Crippen molar-refractivity contribution in [3.63, 3.8) is 0 Å². The third kappa shape index (κ3) is 3.85. The van der Waals surface area contributed by atoms with E-state index < -0.39 is 17.5 Å². The Morgan fingerprint density at radius 3 is 2.77 bits per heavy atom. The Labute approximate surface area is 153 Å². The number of rotatable bonds is 6. The minimum Gasteiger partial charge on any atom is -0.481 e. The SMILES string of the molecule is Cc1cc(N2CC[C@H](O)[C@](CCCc3ccccc3)(C(=O)O)C2)ncn1. The summed E-state index contributed by atoms with van der Waals surface area (Å²) in [7, 11) is 0. The average molecular weight is 355 g/mol. The van der Waals surface area contributed by atoms with Crippen LogP contribution in [0.15, 0.2) is 42.7 Å². The molecule has 2 aromatic rings. The lowest BCUT2D eigenvalue weighted by molar-refractivity contribution is -0.158. The van der Waals surface area contributed by atoms with Gasteiger partial charge in [-0.25, -0.2) is 9.97 Å². The van der Waals surface area contributed by atoms with Crippen LogP contribution in [-0.2, 0) is 11.2 Å². The zero-order valence-corrected chi connectivity index (χ0v) is 15.0. The lowest BCUT2D eigenvalue weighted by Gasteiger charge is -2.44. The number of nitrogens with zero attached hydrogens (tertiary/aromatic N) is 3. The van der Waals surface area contributed by atoms with Gasteiger partial charge >= 0.3 is 5.97 Å². The number of aliphatic carboxylic acids is 1. The van der Waals surface area contributed by atoms with E-state index in [-0.39, 0.29) is 6.54 Å². The van der Waals surface area contributed by atoms with Crippen LogP contribution in [0.5, 0.6) is 0 Å². The Hall–Kier alpha value is -2.47. The number of hydrogen-bond acceptors (Lipinski definition) is 5. The highest BCUT2D eigenvalue weighted by molar-refractivity contribution is 5.77. The molecule has 0 saturated carbocycles. The van der Waals surface area contributed by atoms with Crippen molar-refractivity contribution in [1.82, 2.24) is 9.97 Å². The molecular formula is C20H25N3O3. The fourth-order valence-corrected chi connectivity index (χ4v) is 3.70. The molecule has 3 rings (SSSR count). The molecule has 1 aromatic carbocycles. The maximum absolute atomic E-state index is 12.2. The topological polar surface area (TPSA) is 86.5 Å². The fraction of sp³-hybridized carbons (Fsp3) is 0.450. The van der Waals surface area contributed by atoms with Crippen LogP contribution in [-0.4, -0.2) is 45.3 Å². The minimum absolute atomic E-state index is 0.259. The van der Waals surface area contributed by atoms with Crippen LogP contribution in [0.4, 0.5) is 5.82 Å². The van der Waals surface area contributed by atoms with Crippen LogP contribution in [0.2, 0.25) is 0 Å². The van der Waals surface area contributed by atoms with Crippen LogP contribution in [0.1, 0.15) is 30.5 Å². The molecule has 2 atom stereocenters. The van der Waals surface area contributed by atoms with Gasteiger partial charge in [0.2, 0.25) is 0 Å². The van der Waals surface area contributed by atoms with Crippen molar-refractivity contribution in [2.75, 3.05) is 18.0 Å². The van der Waals surface area contributed by atoms with Gasteiger partial charge in [-0.1, -0.05) is 30.3 Å². The highest BCUT2D eigenvalue weighted by atomic mass is 16.4. The largest absolute Gasteiger partial charge is 0.481 e. The Bertz CT molecular complexity index is 753. The molecule has 1 aliphatic heterocycles. The van der Waals surface area contributed by atoms with E-state index in [9.17, 15) is 15.0 Å². The molecule has 0 amide bonds. The van der Waals surface area contributed by atoms with Crippen molar-refractivity contribution in [1.29, 1.82) is 0 Å². The Kier molecular flexibility index (Phi) is 5.52.